The summed E-state index contributed by atoms with van der Waals surface area (Å²) in [6, 6.07) is 2.49. The maximum absolute atomic E-state index is 13.1. The molecule has 0 aromatic heterocycles. The van der Waals surface area contributed by atoms with Gasteiger partial charge in [0.2, 0.25) is 0 Å². The number of carboxylic acid groups (broad SMARTS) is 1. The van der Waals surface area contributed by atoms with Gasteiger partial charge in [-0.05, 0) is 25.0 Å². The lowest BCUT2D eigenvalue weighted by Crippen LogP contribution is -2.49. The van der Waals surface area contributed by atoms with E-state index in [1.54, 1.807) is 13.8 Å². The van der Waals surface area contributed by atoms with Gasteiger partial charge in [-0.3, -0.25) is 9.59 Å². The van der Waals surface area contributed by atoms with Crippen molar-refractivity contribution in [1.82, 2.24) is 5.32 Å². The van der Waals surface area contributed by atoms with Gasteiger partial charge in [-0.25, -0.2) is 8.78 Å². The summed E-state index contributed by atoms with van der Waals surface area (Å²) in [4.78, 5) is 22.9. The minimum atomic E-state index is -1.04. The summed E-state index contributed by atoms with van der Waals surface area (Å²) in [6.07, 6.45) is 0.558. The molecular formula is C14H17F2NO3. The fraction of sp³-hybridized carbons (Fsp3) is 0.429. The van der Waals surface area contributed by atoms with Gasteiger partial charge in [0.25, 0.3) is 5.91 Å². The van der Waals surface area contributed by atoms with Crippen LogP contribution in [0.2, 0.25) is 0 Å². The summed E-state index contributed by atoms with van der Waals surface area (Å²) in [5, 5.41) is 11.5. The van der Waals surface area contributed by atoms with Gasteiger partial charge >= 0.3 is 5.97 Å². The molecule has 0 aliphatic carbocycles. The quantitative estimate of drug-likeness (QED) is 0.844. The summed E-state index contributed by atoms with van der Waals surface area (Å²) < 4.78 is 26.2. The SMILES string of the molecule is CCC(CC)(CC(=O)O)NC(=O)c1cc(F)cc(F)c1. The number of rotatable bonds is 6. The average Bonchev–Trinajstić information content (AvgIpc) is 2.36. The maximum Gasteiger partial charge on any atom is 0.305 e. The molecule has 1 aromatic rings. The molecule has 0 radical (unpaired) electrons. The second kappa shape index (κ2) is 6.45. The molecule has 2 N–H and O–H groups in total. The van der Waals surface area contributed by atoms with Crippen LogP contribution in [0, 0.1) is 11.6 Å². The van der Waals surface area contributed by atoms with E-state index in [0.29, 0.717) is 18.9 Å². The average molecular weight is 285 g/mol. The minimum absolute atomic E-state index is 0.167. The first kappa shape index (κ1) is 16.1. The zero-order valence-electron chi connectivity index (χ0n) is 11.4. The first-order valence-electron chi connectivity index (χ1n) is 6.32. The molecule has 0 heterocycles. The van der Waals surface area contributed by atoms with Crippen LogP contribution < -0.4 is 5.32 Å². The fourth-order valence-electron chi connectivity index (χ4n) is 2.01. The highest BCUT2D eigenvalue weighted by Gasteiger charge is 2.31. The zero-order valence-corrected chi connectivity index (χ0v) is 11.4. The van der Waals surface area contributed by atoms with Crippen LogP contribution in [0.25, 0.3) is 0 Å². The van der Waals surface area contributed by atoms with Crippen molar-refractivity contribution in [2.45, 2.75) is 38.6 Å². The van der Waals surface area contributed by atoms with Gasteiger partial charge in [0.1, 0.15) is 11.6 Å². The van der Waals surface area contributed by atoms with E-state index in [-0.39, 0.29) is 12.0 Å². The molecule has 1 rings (SSSR count). The van der Waals surface area contributed by atoms with Crippen LogP contribution in [0.15, 0.2) is 18.2 Å². The Labute approximate surface area is 115 Å². The number of hydrogen-bond acceptors (Lipinski definition) is 2. The van der Waals surface area contributed by atoms with Crippen LogP contribution >= 0.6 is 0 Å². The Morgan fingerprint density at radius 3 is 2.05 bits per heavy atom. The van der Waals surface area contributed by atoms with Crippen molar-refractivity contribution in [1.29, 1.82) is 0 Å². The number of hydrogen-bond donors (Lipinski definition) is 2. The molecule has 0 fully saturated rings. The number of halogens is 2. The Kier molecular flexibility index (Phi) is 5.19. The highest BCUT2D eigenvalue weighted by atomic mass is 19.1. The fourth-order valence-corrected chi connectivity index (χ4v) is 2.01. The molecule has 0 saturated heterocycles. The van der Waals surface area contributed by atoms with E-state index in [2.05, 4.69) is 5.32 Å². The summed E-state index contributed by atoms with van der Waals surface area (Å²) in [6.45, 7) is 3.50. The van der Waals surface area contributed by atoms with Crippen LogP contribution in [-0.4, -0.2) is 22.5 Å². The first-order valence-corrected chi connectivity index (χ1v) is 6.32. The molecule has 0 atom stereocenters. The van der Waals surface area contributed by atoms with Gasteiger partial charge in [-0.1, -0.05) is 13.8 Å². The largest absolute Gasteiger partial charge is 0.481 e. The van der Waals surface area contributed by atoms with Crippen molar-refractivity contribution < 1.29 is 23.5 Å². The third-order valence-corrected chi connectivity index (χ3v) is 3.35. The number of carboxylic acids is 1. The summed E-state index contributed by atoms with van der Waals surface area (Å²) in [5.74, 6) is -3.44. The number of carbonyl (C=O) groups is 2. The predicted molar refractivity (Wildman–Crippen MR) is 69.4 cm³/mol. The van der Waals surface area contributed by atoms with Crippen molar-refractivity contribution in [2.75, 3.05) is 0 Å². The molecule has 4 nitrogen and oxygen atoms in total. The van der Waals surface area contributed by atoms with E-state index in [4.69, 9.17) is 5.11 Å². The number of amides is 1. The van der Waals surface area contributed by atoms with Gasteiger partial charge in [0, 0.05) is 11.6 Å². The number of nitrogens with one attached hydrogen (secondary N) is 1. The van der Waals surface area contributed by atoms with Crippen molar-refractivity contribution in [3.8, 4) is 0 Å². The van der Waals surface area contributed by atoms with E-state index in [1.165, 1.54) is 0 Å². The number of benzene rings is 1. The molecule has 0 bridgehead atoms. The molecule has 6 heteroatoms. The molecule has 0 unspecified atom stereocenters. The summed E-state index contributed by atoms with van der Waals surface area (Å²) in [7, 11) is 0. The van der Waals surface area contributed by atoms with E-state index >= 15 is 0 Å². The second-order valence-electron chi connectivity index (χ2n) is 4.67. The van der Waals surface area contributed by atoms with Crippen molar-refractivity contribution in [3.05, 3.63) is 35.4 Å². The molecule has 20 heavy (non-hydrogen) atoms. The lowest BCUT2D eigenvalue weighted by atomic mass is 9.88. The van der Waals surface area contributed by atoms with E-state index in [1.807, 2.05) is 0 Å². The smallest absolute Gasteiger partial charge is 0.305 e. The highest BCUT2D eigenvalue weighted by molar-refractivity contribution is 5.95. The van der Waals surface area contributed by atoms with Gasteiger partial charge in [0.05, 0.1) is 12.0 Å². The van der Waals surface area contributed by atoms with Gasteiger partial charge in [-0.15, -0.1) is 0 Å². The Morgan fingerprint density at radius 1 is 1.15 bits per heavy atom. The van der Waals surface area contributed by atoms with Crippen molar-refractivity contribution in [2.24, 2.45) is 0 Å². The number of carbonyl (C=O) groups excluding carboxylic acids is 1. The topological polar surface area (TPSA) is 66.4 Å². The zero-order chi connectivity index (χ0) is 15.3. The summed E-state index contributed by atoms with van der Waals surface area (Å²) >= 11 is 0. The van der Waals surface area contributed by atoms with Gasteiger partial charge in [0.15, 0.2) is 0 Å². The highest BCUT2D eigenvalue weighted by Crippen LogP contribution is 2.21. The lowest BCUT2D eigenvalue weighted by Gasteiger charge is -2.31. The number of aliphatic carboxylic acids is 1. The molecular weight excluding hydrogens is 268 g/mol. The maximum atomic E-state index is 13.1. The first-order chi connectivity index (χ1) is 9.31. The molecule has 1 amide bonds. The van der Waals surface area contributed by atoms with Crippen LogP contribution in [0.1, 0.15) is 43.5 Å². The molecule has 0 saturated carbocycles. The van der Waals surface area contributed by atoms with Crippen molar-refractivity contribution in [3.63, 3.8) is 0 Å². The Balaban J connectivity index is 2.98. The molecule has 0 aliphatic rings. The van der Waals surface area contributed by atoms with Gasteiger partial charge in [-0.2, -0.15) is 0 Å². The van der Waals surface area contributed by atoms with Crippen LogP contribution in [0.5, 0.6) is 0 Å². The third-order valence-electron chi connectivity index (χ3n) is 3.35. The molecule has 0 aliphatic heterocycles. The normalized spacial score (nSPS) is 11.2. The van der Waals surface area contributed by atoms with E-state index < -0.39 is 29.0 Å². The van der Waals surface area contributed by atoms with Crippen LogP contribution in [-0.2, 0) is 4.79 Å². The van der Waals surface area contributed by atoms with Crippen LogP contribution in [0.4, 0.5) is 8.78 Å². The Morgan fingerprint density at radius 2 is 1.65 bits per heavy atom. The van der Waals surface area contributed by atoms with Crippen molar-refractivity contribution >= 4 is 11.9 Å². The molecule has 110 valence electrons. The predicted octanol–water partition coefficient (Wildman–Crippen LogP) is 2.73. The monoisotopic (exact) mass is 285 g/mol. The Hall–Kier alpha value is -1.98. The van der Waals surface area contributed by atoms with Gasteiger partial charge < -0.3 is 10.4 Å². The summed E-state index contributed by atoms with van der Waals surface area (Å²) in [5.41, 5.74) is -1.09. The molecule has 0 spiro atoms. The molecule has 1 aromatic carbocycles. The van der Waals surface area contributed by atoms with E-state index in [9.17, 15) is 18.4 Å². The standard InChI is InChI=1S/C14H17F2NO3/c1-3-14(4-2,8-12(18)19)17-13(20)9-5-10(15)7-11(16)6-9/h5-7H,3-4,8H2,1-2H3,(H,17,20)(H,18,19). The lowest BCUT2D eigenvalue weighted by molar-refractivity contribution is -0.138. The van der Waals surface area contributed by atoms with Crippen LogP contribution in [0.3, 0.4) is 0 Å². The second-order valence-corrected chi connectivity index (χ2v) is 4.67. The Bertz CT molecular complexity index is 493. The van der Waals surface area contributed by atoms with E-state index in [0.717, 1.165) is 12.1 Å². The minimum Gasteiger partial charge on any atom is -0.481 e. The third kappa shape index (κ3) is 4.01.